The molecule has 0 aliphatic carbocycles. The Kier molecular flexibility index (Phi) is 11.1. The molecule has 3 aromatic carbocycles. The molecular formula is C31H39N3O5S. The maximum atomic E-state index is 14.2. The average molecular weight is 566 g/mol. The first kappa shape index (κ1) is 30.7. The minimum atomic E-state index is -3.88. The molecule has 3 aromatic rings. The molecule has 8 nitrogen and oxygen atoms in total. The lowest BCUT2D eigenvalue weighted by molar-refractivity contribution is -0.140. The summed E-state index contributed by atoms with van der Waals surface area (Å²) in [5.41, 5.74) is 2.99. The Balaban J connectivity index is 2.06. The van der Waals surface area contributed by atoms with Crippen molar-refractivity contribution in [2.75, 3.05) is 30.8 Å². The number of amides is 2. The van der Waals surface area contributed by atoms with E-state index in [1.165, 1.54) is 12.0 Å². The fraction of sp³-hybridized carbons (Fsp3) is 0.355. The summed E-state index contributed by atoms with van der Waals surface area (Å²) >= 11 is 0. The summed E-state index contributed by atoms with van der Waals surface area (Å²) in [6, 6.07) is 23.0. The number of carbonyl (C=O) groups excluding carboxylic acids is 2. The summed E-state index contributed by atoms with van der Waals surface area (Å²) in [6.07, 6.45) is 3.06. The number of ether oxygens (including phenoxy) is 1. The van der Waals surface area contributed by atoms with Gasteiger partial charge in [0.15, 0.2) is 0 Å². The molecule has 0 saturated heterocycles. The third-order valence-corrected chi connectivity index (χ3v) is 7.86. The molecular weight excluding hydrogens is 526 g/mol. The molecule has 1 atom stereocenters. The van der Waals surface area contributed by atoms with Crippen molar-refractivity contribution in [1.82, 2.24) is 10.2 Å². The first-order chi connectivity index (χ1) is 19.2. The van der Waals surface area contributed by atoms with E-state index in [0.29, 0.717) is 12.3 Å². The van der Waals surface area contributed by atoms with E-state index in [1.54, 1.807) is 24.3 Å². The van der Waals surface area contributed by atoms with Crippen LogP contribution in [0, 0.1) is 6.92 Å². The highest BCUT2D eigenvalue weighted by atomic mass is 32.2. The number of nitrogens with zero attached hydrogens (tertiary/aromatic N) is 2. The summed E-state index contributed by atoms with van der Waals surface area (Å²) < 4.78 is 32.4. The van der Waals surface area contributed by atoms with Gasteiger partial charge in [-0.15, -0.1) is 0 Å². The lowest BCUT2D eigenvalue weighted by Gasteiger charge is -2.34. The number of anilines is 1. The second-order valence-corrected chi connectivity index (χ2v) is 11.6. The summed E-state index contributed by atoms with van der Waals surface area (Å²) in [7, 11) is -2.43. The van der Waals surface area contributed by atoms with Crippen molar-refractivity contribution in [3.63, 3.8) is 0 Å². The maximum absolute atomic E-state index is 14.2. The second-order valence-electron chi connectivity index (χ2n) is 9.74. The van der Waals surface area contributed by atoms with Gasteiger partial charge in [-0.2, -0.15) is 0 Å². The molecule has 40 heavy (non-hydrogen) atoms. The van der Waals surface area contributed by atoms with E-state index in [4.69, 9.17) is 4.74 Å². The Morgan fingerprint density at radius 3 is 2.25 bits per heavy atom. The zero-order chi connectivity index (χ0) is 29.1. The van der Waals surface area contributed by atoms with Crippen LogP contribution in [-0.2, 0) is 32.6 Å². The summed E-state index contributed by atoms with van der Waals surface area (Å²) in [4.78, 5) is 29.3. The van der Waals surface area contributed by atoms with E-state index in [0.717, 1.165) is 40.1 Å². The predicted octanol–water partition coefficient (Wildman–Crippen LogP) is 4.33. The summed E-state index contributed by atoms with van der Waals surface area (Å²) in [6.45, 7) is 4.14. The van der Waals surface area contributed by atoms with Crippen LogP contribution in [0.1, 0.15) is 36.5 Å². The largest absolute Gasteiger partial charge is 0.495 e. The van der Waals surface area contributed by atoms with Gasteiger partial charge < -0.3 is 15.0 Å². The van der Waals surface area contributed by atoms with Gasteiger partial charge in [0, 0.05) is 19.5 Å². The van der Waals surface area contributed by atoms with E-state index < -0.39 is 28.5 Å². The van der Waals surface area contributed by atoms with Crippen LogP contribution in [0.25, 0.3) is 0 Å². The topological polar surface area (TPSA) is 96.0 Å². The van der Waals surface area contributed by atoms with Gasteiger partial charge in [-0.25, -0.2) is 8.42 Å². The number of sulfonamides is 1. The Hall–Kier alpha value is -3.85. The Morgan fingerprint density at radius 2 is 1.60 bits per heavy atom. The standard InChI is InChI=1S/C31H39N3O5S/c1-5-6-20-32-31(36)28(21-25-15-8-7-9-16-25)33(22-26-17-11-10-14-24(26)2)30(35)23-34(40(4,37)38)27-18-12-13-19-29(27)39-3/h7-19,28H,5-6,20-23H2,1-4H3,(H,32,36). The van der Waals surface area contributed by atoms with Crippen LogP contribution in [0.5, 0.6) is 5.75 Å². The molecule has 0 saturated carbocycles. The highest BCUT2D eigenvalue weighted by Crippen LogP contribution is 2.30. The number of nitrogens with one attached hydrogen (secondary N) is 1. The summed E-state index contributed by atoms with van der Waals surface area (Å²) in [5, 5.41) is 2.99. The van der Waals surface area contributed by atoms with Gasteiger partial charge in [-0.1, -0.05) is 80.1 Å². The number of hydrogen-bond donors (Lipinski definition) is 1. The Morgan fingerprint density at radius 1 is 0.950 bits per heavy atom. The number of aryl methyl sites for hydroxylation is 1. The fourth-order valence-corrected chi connectivity index (χ4v) is 5.31. The molecule has 0 heterocycles. The molecule has 0 radical (unpaired) electrons. The van der Waals surface area contributed by atoms with Crippen molar-refractivity contribution in [2.24, 2.45) is 0 Å². The monoisotopic (exact) mass is 565 g/mol. The van der Waals surface area contributed by atoms with Gasteiger partial charge in [-0.3, -0.25) is 13.9 Å². The number of unbranched alkanes of at least 4 members (excludes halogenated alkanes) is 1. The lowest BCUT2D eigenvalue weighted by Crippen LogP contribution is -2.53. The number of rotatable bonds is 14. The van der Waals surface area contributed by atoms with Crippen LogP contribution in [-0.4, -0.2) is 57.6 Å². The van der Waals surface area contributed by atoms with E-state index in [9.17, 15) is 18.0 Å². The van der Waals surface area contributed by atoms with Gasteiger partial charge in [0.1, 0.15) is 18.3 Å². The van der Waals surface area contributed by atoms with Crippen molar-refractivity contribution in [3.05, 3.63) is 95.6 Å². The quantitative estimate of drug-likeness (QED) is 0.294. The molecule has 0 spiro atoms. The van der Waals surface area contributed by atoms with Gasteiger partial charge in [0.25, 0.3) is 0 Å². The van der Waals surface area contributed by atoms with E-state index in [-0.39, 0.29) is 24.6 Å². The number of hydrogen-bond acceptors (Lipinski definition) is 5. The molecule has 0 bridgehead atoms. The Bertz CT molecular complexity index is 1380. The summed E-state index contributed by atoms with van der Waals surface area (Å²) in [5.74, 6) is -0.446. The smallest absolute Gasteiger partial charge is 0.244 e. The molecule has 0 fully saturated rings. The normalized spacial score (nSPS) is 11.9. The first-order valence-electron chi connectivity index (χ1n) is 13.4. The molecule has 3 rings (SSSR count). The molecule has 2 amide bonds. The van der Waals surface area contributed by atoms with Gasteiger partial charge in [0.05, 0.1) is 19.1 Å². The van der Waals surface area contributed by atoms with Crippen LogP contribution < -0.4 is 14.4 Å². The zero-order valence-corrected chi connectivity index (χ0v) is 24.5. The van der Waals surface area contributed by atoms with Crippen LogP contribution in [0.15, 0.2) is 78.9 Å². The van der Waals surface area contributed by atoms with Crippen molar-refractivity contribution < 1.29 is 22.7 Å². The number of carbonyl (C=O) groups is 2. The third-order valence-electron chi connectivity index (χ3n) is 6.74. The molecule has 0 aliphatic rings. The lowest BCUT2D eigenvalue weighted by atomic mass is 10.0. The van der Waals surface area contributed by atoms with Crippen molar-refractivity contribution >= 4 is 27.5 Å². The van der Waals surface area contributed by atoms with E-state index in [1.807, 2.05) is 68.4 Å². The van der Waals surface area contributed by atoms with E-state index >= 15 is 0 Å². The zero-order valence-electron chi connectivity index (χ0n) is 23.7. The van der Waals surface area contributed by atoms with Gasteiger partial charge in [-0.05, 0) is 42.2 Å². The van der Waals surface area contributed by atoms with Crippen LogP contribution in [0.2, 0.25) is 0 Å². The van der Waals surface area contributed by atoms with Gasteiger partial charge in [0.2, 0.25) is 21.8 Å². The molecule has 1 N–H and O–H groups in total. The number of methoxy groups -OCH3 is 1. The van der Waals surface area contributed by atoms with E-state index in [2.05, 4.69) is 5.32 Å². The third kappa shape index (κ3) is 8.32. The fourth-order valence-electron chi connectivity index (χ4n) is 4.46. The molecule has 0 aliphatic heterocycles. The van der Waals surface area contributed by atoms with Crippen molar-refractivity contribution in [1.29, 1.82) is 0 Å². The maximum Gasteiger partial charge on any atom is 0.244 e. The predicted molar refractivity (Wildman–Crippen MR) is 159 cm³/mol. The van der Waals surface area contributed by atoms with Crippen LogP contribution in [0.4, 0.5) is 5.69 Å². The number of benzene rings is 3. The molecule has 214 valence electrons. The van der Waals surface area contributed by atoms with Crippen LogP contribution >= 0.6 is 0 Å². The van der Waals surface area contributed by atoms with Gasteiger partial charge >= 0.3 is 0 Å². The average Bonchev–Trinajstić information content (AvgIpc) is 2.94. The molecule has 0 aromatic heterocycles. The highest BCUT2D eigenvalue weighted by molar-refractivity contribution is 7.92. The van der Waals surface area contributed by atoms with Crippen molar-refractivity contribution in [2.45, 2.75) is 45.7 Å². The first-order valence-corrected chi connectivity index (χ1v) is 15.3. The number of para-hydroxylation sites is 2. The molecule has 9 heteroatoms. The Labute approximate surface area is 238 Å². The SMILES string of the molecule is CCCCNC(=O)C(Cc1ccccc1)N(Cc1ccccc1C)C(=O)CN(c1ccccc1OC)S(C)(=O)=O. The second kappa shape index (κ2) is 14.5. The van der Waals surface area contributed by atoms with Crippen molar-refractivity contribution in [3.8, 4) is 5.75 Å². The molecule has 1 unspecified atom stereocenters. The minimum absolute atomic E-state index is 0.147. The van der Waals surface area contributed by atoms with Crippen LogP contribution in [0.3, 0.4) is 0 Å². The highest BCUT2D eigenvalue weighted by Gasteiger charge is 2.33. The minimum Gasteiger partial charge on any atom is -0.495 e.